The van der Waals surface area contributed by atoms with Crippen molar-refractivity contribution in [1.29, 1.82) is 0 Å². The molecular weight excluding hydrogens is 717 g/mol. The van der Waals surface area contributed by atoms with E-state index in [0.29, 0.717) is 17.9 Å². The van der Waals surface area contributed by atoms with Gasteiger partial charge in [-0.2, -0.15) is 0 Å². The lowest BCUT2D eigenvalue weighted by atomic mass is 9.84. The van der Waals surface area contributed by atoms with Gasteiger partial charge in [0.1, 0.15) is 23.5 Å². The number of thioether (sulfide) groups is 2. The minimum Gasteiger partial charge on any atom is -0.456 e. The summed E-state index contributed by atoms with van der Waals surface area (Å²) in [5.41, 5.74) is 4.02. The molecule has 3 N–H and O–H groups in total. The van der Waals surface area contributed by atoms with E-state index in [1.54, 1.807) is 39.0 Å². The van der Waals surface area contributed by atoms with Gasteiger partial charge in [-0.15, -0.1) is 23.5 Å². The summed E-state index contributed by atoms with van der Waals surface area (Å²) in [4.78, 5) is 58.7. The van der Waals surface area contributed by atoms with Crippen molar-refractivity contribution in [2.45, 2.75) is 61.9 Å². The van der Waals surface area contributed by atoms with Gasteiger partial charge >= 0.3 is 5.97 Å². The van der Waals surface area contributed by atoms with E-state index >= 15 is 0 Å². The summed E-state index contributed by atoms with van der Waals surface area (Å²) in [5.74, 6) is -1.92. The Kier molecular flexibility index (Phi) is 14.3. The Bertz CT molecular complexity index is 1870. The lowest BCUT2D eigenvalue weighted by molar-refractivity contribution is -0.153. The van der Waals surface area contributed by atoms with Gasteiger partial charge in [0.2, 0.25) is 5.91 Å². The monoisotopic (exact) mass is 762 g/mol. The summed E-state index contributed by atoms with van der Waals surface area (Å²) in [6, 6.07) is 33.7. The van der Waals surface area contributed by atoms with E-state index in [1.807, 2.05) is 42.3 Å². The fraction of sp³-hybridized carbons (Fsp3) is 0.279. The lowest BCUT2D eigenvalue weighted by Crippen LogP contribution is -2.48. The molecule has 1 aliphatic rings. The van der Waals surface area contributed by atoms with Crippen molar-refractivity contribution in [2.24, 2.45) is 5.92 Å². The van der Waals surface area contributed by atoms with Crippen molar-refractivity contribution in [2.75, 3.05) is 12.0 Å². The largest absolute Gasteiger partial charge is 0.456 e. The molecule has 0 radical (unpaired) electrons. The molecule has 0 spiro atoms. The molecule has 2 heterocycles. The molecule has 2 atom stereocenters. The molecular formula is C43H46N4O5S2. The molecule has 54 heavy (non-hydrogen) atoms. The molecule has 280 valence electrons. The first-order chi connectivity index (χ1) is 26.1. The molecule has 9 nitrogen and oxygen atoms in total. The van der Waals surface area contributed by atoms with Crippen LogP contribution in [0.1, 0.15) is 66.5 Å². The lowest BCUT2D eigenvalue weighted by Gasteiger charge is -2.35. The van der Waals surface area contributed by atoms with Crippen LogP contribution >= 0.6 is 23.5 Å². The van der Waals surface area contributed by atoms with Crippen LogP contribution in [0.5, 0.6) is 0 Å². The van der Waals surface area contributed by atoms with Crippen molar-refractivity contribution in [3.8, 4) is 0 Å². The summed E-state index contributed by atoms with van der Waals surface area (Å²) in [6.45, 7) is 5.24. The second-order valence-corrected chi connectivity index (χ2v) is 15.2. The van der Waals surface area contributed by atoms with Gasteiger partial charge < -0.3 is 20.7 Å². The van der Waals surface area contributed by atoms with Crippen molar-refractivity contribution in [3.63, 3.8) is 0 Å². The average molecular weight is 763 g/mol. The first-order valence-electron chi connectivity index (χ1n) is 17.9. The minimum atomic E-state index is -1.04. The Morgan fingerprint density at radius 2 is 1.46 bits per heavy atom. The van der Waals surface area contributed by atoms with E-state index in [-0.39, 0.29) is 36.2 Å². The van der Waals surface area contributed by atoms with Crippen LogP contribution in [0.15, 0.2) is 132 Å². The third-order valence-electron chi connectivity index (χ3n) is 8.92. The van der Waals surface area contributed by atoms with E-state index < -0.39 is 34.7 Å². The zero-order valence-corrected chi connectivity index (χ0v) is 32.5. The van der Waals surface area contributed by atoms with Gasteiger partial charge in [-0.05, 0) is 66.2 Å². The maximum absolute atomic E-state index is 13.6. The number of cyclic esters (lactones) is 1. The number of esters is 1. The Labute approximate surface area is 325 Å². The Morgan fingerprint density at radius 3 is 2.00 bits per heavy atom. The molecule has 0 unspecified atom stereocenters. The van der Waals surface area contributed by atoms with E-state index in [4.69, 9.17) is 4.74 Å². The highest BCUT2D eigenvalue weighted by molar-refractivity contribution is 8.00. The standard InChI is InChI=1S/C43H46N4O5S2/c1-5-36-40(49)47-39(29(2)3)42(51)52-34(26-38(48)44-28-33-25-35(53-4)27-37(45-33)41(50)46-36)23-15-16-24-54-43(30-17-9-6-10-18-30,31-19-11-7-12-20-31)32-21-13-8-14-22-32/h5-15,17-23,25,27,29,34,39H,16,24,26,28H2,1-4H3,(H,44,48)(H,46,50)(H,47,49)/b23-15+,36-5-/t34-,39+/m1/s1. The van der Waals surface area contributed by atoms with Crippen molar-refractivity contribution < 1.29 is 23.9 Å². The summed E-state index contributed by atoms with van der Waals surface area (Å²) in [7, 11) is 0. The van der Waals surface area contributed by atoms with Crippen LogP contribution in [-0.2, 0) is 30.4 Å². The number of aromatic nitrogens is 1. The summed E-state index contributed by atoms with van der Waals surface area (Å²) < 4.78 is 5.45. The molecule has 0 saturated heterocycles. The van der Waals surface area contributed by atoms with Gasteiger partial charge in [-0.25, -0.2) is 9.78 Å². The number of carbonyl (C=O) groups excluding carboxylic acids is 4. The molecule has 4 aromatic rings. The fourth-order valence-corrected chi connectivity index (χ4v) is 8.11. The van der Waals surface area contributed by atoms with Crippen LogP contribution in [0.3, 0.4) is 0 Å². The number of nitrogens with zero attached hydrogens (tertiary/aromatic N) is 1. The average Bonchev–Trinajstić information content (AvgIpc) is 3.19. The second-order valence-electron chi connectivity index (χ2n) is 13.0. The number of rotatable bonds is 10. The quantitative estimate of drug-likeness (QED) is 0.0388. The number of amides is 3. The number of nitrogens with one attached hydrogen (secondary N) is 3. The summed E-state index contributed by atoms with van der Waals surface area (Å²) in [5, 5.41) is 8.21. The van der Waals surface area contributed by atoms with Gasteiger partial charge in [0.25, 0.3) is 11.8 Å². The Hall–Kier alpha value is -5.13. The van der Waals surface area contributed by atoms with Crippen molar-refractivity contribution >= 4 is 47.2 Å². The molecule has 0 aliphatic carbocycles. The summed E-state index contributed by atoms with van der Waals surface area (Å²) >= 11 is 3.24. The number of carbonyl (C=O) groups is 4. The van der Waals surface area contributed by atoms with Crippen molar-refractivity contribution in [3.05, 3.63) is 155 Å². The highest BCUT2D eigenvalue weighted by atomic mass is 32.2. The molecule has 5 rings (SSSR count). The maximum Gasteiger partial charge on any atom is 0.329 e. The predicted octanol–water partition coefficient (Wildman–Crippen LogP) is 7.18. The highest BCUT2D eigenvalue weighted by Crippen LogP contribution is 2.48. The zero-order valence-electron chi connectivity index (χ0n) is 30.9. The molecule has 0 saturated carbocycles. The van der Waals surface area contributed by atoms with Crippen LogP contribution in [0.4, 0.5) is 0 Å². The van der Waals surface area contributed by atoms with Crippen LogP contribution in [0, 0.1) is 5.92 Å². The Morgan fingerprint density at radius 1 is 0.870 bits per heavy atom. The van der Waals surface area contributed by atoms with Gasteiger partial charge in [0, 0.05) is 4.90 Å². The molecule has 3 amide bonds. The van der Waals surface area contributed by atoms with Gasteiger partial charge in [-0.3, -0.25) is 14.4 Å². The van der Waals surface area contributed by atoms with E-state index in [1.165, 1.54) is 17.8 Å². The fourth-order valence-electron chi connectivity index (χ4n) is 6.16. The molecule has 1 aromatic heterocycles. The van der Waals surface area contributed by atoms with Crippen LogP contribution in [0.25, 0.3) is 0 Å². The van der Waals surface area contributed by atoms with E-state index in [2.05, 4.69) is 93.7 Å². The third-order valence-corrected chi connectivity index (χ3v) is 11.2. The second kappa shape index (κ2) is 19.3. The van der Waals surface area contributed by atoms with E-state index in [0.717, 1.165) is 21.6 Å². The Balaban J connectivity index is 1.40. The molecule has 3 aromatic carbocycles. The van der Waals surface area contributed by atoms with Crippen LogP contribution < -0.4 is 16.0 Å². The minimum absolute atomic E-state index is 0.0247. The number of hydrogen-bond donors (Lipinski definition) is 3. The molecule has 1 aliphatic heterocycles. The summed E-state index contributed by atoms with van der Waals surface area (Å²) in [6.07, 6.45) is 6.59. The number of ether oxygens (including phenoxy) is 1. The highest BCUT2D eigenvalue weighted by Gasteiger charge is 2.36. The van der Waals surface area contributed by atoms with Crippen molar-refractivity contribution in [1.82, 2.24) is 20.9 Å². The molecule has 0 fully saturated rings. The SMILES string of the molecule is C/C=C1\NC(=O)c2cc(SC)cc(n2)CNC(=O)C[C@@H](/C=C/CCSC(c2ccccc2)(c2ccccc2)c2ccccc2)OC(=O)[C@H](C(C)C)NC1=O. The number of allylic oxidation sites excluding steroid dienone is 2. The topological polar surface area (TPSA) is 126 Å². The van der Waals surface area contributed by atoms with Gasteiger partial charge in [0.15, 0.2) is 0 Å². The van der Waals surface area contributed by atoms with Crippen LogP contribution in [-0.4, -0.2) is 52.8 Å². The van der Waals surface area contributed by atoms with Crippen LogP contribution in [0.2, 0.25) is 0 Å². The number of benzene rings is 3. The number of hydrogen-bond acceptors (Lipinski definition) is 8. The number of fused-ring (bicyclic) bond motifs is 2. The maximum atomic E-state index is 13.6. The van der Waals surface area contributed by atoms with Gasteiger partial charge in [0.05, 0.1) is 23.4 Å². The van der Waals surface area contributed by atoms with Gasteiger partial charge in [-0.1, -0.05) is 117 Å². The zero-order chi connectivity index (χ0) is 38.5. The predicted molar refractivity (Wildman–Crippen MR) is 216 cm³/mol. The smallest absolute Gasteiger partial charge is 0.329 e. The number of pyridine rings is 1. The molecule has 2 bridgehead atoms. The first-order valence-corrected chi connectivity index (χ1v) is 20.1. The van der Waals surface area contributed by atoms with E-state index in [9.17, 15) is 19.2 Å². The first kappa shape index (κ1) is 40.1. The normalized spacial score (nSPS) is 18.3. The molecule has 11 heteroatoms. The third kappa shape index (κ3) is 10.1.